The molecular formula is C15H24FN3O2. The lowest BCUT2D eigenvalue weighted by molar-refractivity contribution is -0.387. The van der Waals surface area contributed by atoms with E-state index in [-0.39, 0.29) is 5.41 Å². The highest BCUT2D eigenvalue weighted by Gasteiger charge is 2.23. The van der Waals surface area contributed by atoms with E-state index < -0.39 is 16.4 Å². The van der Waals surface area contributed by atoms with E-state index in [0.717, 1.165) is 19.5 Å². The standard InChI is InChI=1S/C15H24FN3O2/c1-4-8-18(11-15(2,3)10-17)9-12-6-5-7-13(14(12)16)19(20)21/h5-7H,4,8-11,17H2,1-3H3. The predicted molar refractivity (Wildman–Crippen MR) is 81.5 cm³/mol. The minimum absolute atomic E-state index is 0.0770. The molecule has 1 aromatic rings. The third-order valence-electron chi connectivity index (χ3n) is 3.39. The molecular weight excluding hydrogens is 273 g/mol. The molecule has 0 heterocycles. The summed E-state index contributed by atoms with van der Waals surface area (Å²) >= 11 is 0. The maximum absolute atomic E-state index is 14.1. The molecule has 2 N–H and O–H groups in total. The molecule has 6 heteroatoms. The van der Waals surface area contributed by atoms with E-state index in [1.165, 1.54) is 12.1 Å². The van der Waals surface area contributed by atoms with Crippen molar-refractivity contribution in [2.75, 3.05) is 19.6 Å². The molecule has 0 aliphatic carbocycles. The van der Waals surface area contributed by atoms with Gasteiger partial charge < -0.3 is 5.73 Å². The second-order valence-electron chi connectivity index (χ2n) is 6.09. The van der Waals surface area contributed by atoms with Crippen LogP contribution in [0.4, 0.5) is 10.1 Å². The molecule has 0 fully saturated rings. The van der Waals surface area contributed by atoms with Gasteiger partial charge in [0, 0.05) is 24.7 Å². The van der Waals surface area contributed by atoms with Gasteiger partial charge in [0.25, 0.3) is 0 Å². The van der Waals surface area contributed by atoms with Gasteiger partial charge >= 0.3 is 5.69 Å². The van der Waals surface area contributed by atoms with E-state index in [1.54, 1.807) is 6.07 Å². The van der Waals surface area contributed by atoms with Crippen LogP contribution in [0, 0.1) is 21.3 Å². The fourth-order valence-electron chi connectivity index (χ4n) is 2.27. The number of rotatable bonds is 8. The van der Waals surface area contributed by atoms with Gasteiger partial charge in [-0.3, -0.25) is 15.0 Å². The highest BCUT2D eigenvalue weighted by molar-refractivity contribution is 5.36. The van der Waals surface area contributed by atoms with Gasteiger partial charge in [-0.15, -0.1) is 0 Å². The van der Waals surface area contributed by atoms with Crippen LogP contribution in [0.15, 0.2) is 18.2 Å². The Labute approximate surface area is 125 Å². The molecule has 0 amide bonds. The first-order valence-corrected chi connectivity index (χ1v) is 7.15. The fourth-order valence-corrected chi connectivity index (χ4v) is 2.27. The van der Waals surface area contributed by atoms with Crippen molar-refractivity contribution in [3.63, 3.8) is 0 Å². The summed E-state index contributed by atoms with van der Waals surface area (Å²) in [6, 6.07) is 4.31. The molecule has 0 saturated heterocycles. The number of nitrogens with two attached hydrogens (primary N) is 1. The first-order chi connectivity index (χ1) is 9.80. The summed E-state index contributed by atoms with van der Waals surface area (Å²) in [5, 5.41) is 10.8. The summed E-state index contributed by atoms with van der Waals surface area (Å²) in [5.41, 5.74) is 5.55. The molecule has 1 aromatic carbocycles. The van der Waals surface area contributed by atoms with Gasteiger partial charge in [0.2, 0.25) is 5.82 Å². The molecule has 0 unspecified atom stereocenters. The number of benzene rings is 1. The Bertz CT molecular complexity index is 492. The minimum Gasteiger partial charge on any atom is -0.330 e. The SMILES string of the molecule is CCCN(Cc1cccc([N+](=O)[O-])c1F)CC(C)(C)CN. The van der Waals surface area contributed by atoms with Crippen molar-refractivity contribution in [2.45, 2.75) is 33.7 Å². The Morgan fingerprint density at radius 3 is 2.62 bits per heavy atom. The predicted octanol–water partition coefficient (Wildman–Crippen LogP) is 2.93. The van der Waals surface area contributed by atoms with E-state index in [1.807, 2.05) is 6.92 Å². The zero-order chi connectivity index (χ0) is 16.0. The van der Waals surface area contributed by atoms with Crippen LogP contribution >= 0.6 is 0 Å². The third-order valence-corrected chi connectivity index (χ3v) is 3.39. The fraction of sp³-hybridized carbons (Fsp3) is 0.600. The topological polar surface area (TPSA) is 72.4 Å². The van der Waals surface area contributed by atoms with E-state index in [9.17, 15) is 14.5 Å². The molecule has 0 bridgehead atoms. The van der Waals surface area contributed by atoms with Crippen molar-refractivity contribution < 1.29 is 9.31 Å². The summed E-state index contributed by atoms with van der Waals surface area (Å²) in [6.07, 6.45) is 0.928. The summed E-state index contributed by atoms with van der Waals surface area (Å²) in [4.78, 5) is 12.2. The number of nitro groups is 1. The maximum atomic E-state index is 14.1. The molecule has 5 nitrogen and oxygen atoms in total. The van der Waals surface area contributed by atoms with Gasteiger partial charge in [-0.25, -0.2) is 0 Å². The van der Waals surface area contributed by atoms with E-state index >= 15 is 0 Å². The van der Waals surface area contributed by atoms with Crippen molar-refractivity contribution in [3.8, 4) is 0 Å². The van der Waals surface area contributed by atoms with E-state index in [0.29, 0.717) is 18.7 Å². The van der Waals surface area contributed by atoms with Crippen molar-refractivity contribution in [3.05, 3.63) is 39.7 Å². The minimum atomic E-state index is -0.742. The van der Waals surface area contributed by atoms with Crippen LogP contribution in [-0.4, -0.2) is 29.5 Å². The Kier molecular flexibility index (Phi) is 6.23. The van der Waals surface area contributed by atoms with Crippen LogP contribution < -0.4 is 5.73 Å². The quantitative estimate of drug-likeness (QED) is 0.591. The van der Waals surface area contributed by atoms with Crippen molar-refractivity contribution in [2.24, 2.45) is 11.1 Å². The van der Waals surface area contributed by atoms with Gasteiger partial charge in [-0.2, -0.15) is 4.39 Å². The summed E-state index contributed by atoms with van der Waals surface area (Å²) < 4.78 is 14.1. The van der Waals surface area contributed by atoms with Crippen LogP contribution in [0.5, 0.6) is 0 Å². The van der Waals surface area contributed by atoms with Crippen LogP contribution in [0.3, 0.4) is 0 Å². The third kappa shape index (κ3) is 5.06. The lowest BCUT2D eigenvalue weighted by Crippen LogP contribution is -2.39. The Morgan fingerprint density at radius 2 is 2.10 bits per heavy atom. The molecule has 0 atom stereocenters. The van der Waals surface area contributed by atoms with Gasteiger partial charge in [0.1, 0.15) is 0 Å². The smallest absolute Gasteiger partial charge is 0.305 e. The highest BCUT2D eigenvalue weighted by atomic mass is 19.1. The largest absolute Gasteiger partial charge is 0.330 e. The molecule has 0 aliphatic rings. The van der Waals surface area contributed by atoms with Crippen LogP contribution in [0.25, 0.3) is 0 Å². The number of hydrogen-bond acceptors (Lipinski definition) is 4. The van der Waals surface area contributed by atoms with Crippen LogP contribution in [-0.2, 0) is 6.54 Å². The normalized spacial score (nSPS) is 11.9. The molecule has 0 radical (unpaired) electrons. The number of nitro benzene ring substituents is 1. The zero-order valence-electron chi connectivity index (χ0n) is 12.9. The summed E-state index contributed by atoms with van der Waals surface area (Å²) in [5.74, 6) is -0.742. The average molecular weight is 297 g/mol. The second kappa shape index (κ2) is 7.47. The van der Waals surface area contributed by atoms with Gasteiger partial charge in [0.15, 0.2) is 0 Å². The Balaban J connectivity index is 2.94. The maximum Gasteiger partial charge on any atom is 0.305 e. The highest BCUT2D eigenvalue weighted by Crippen LogP contribution is 2.23. The number of nitrogens with zero attached hydrogens (tertiary/aromatic N) is 2. The molecule has 118 valence electrons. The molecule has 0 spiro atoms. The first kappa shape index (κ1) is 17.5. The van der Waals surface area contributed by atoms with Gasteiger partial charge in [-0.05, 0) is 24.9 Å². The van der Waals surface area contributed by atoms with Crippen molar-refractivity contribution in [1.29, 1.82) is 0 Å². The number of hydrogen-bond donors (Lipinski definition) is 1. The molecule has 0 aromatic heterocycles. The summed E-state index contributed by atoms with van der Waals surface area (Å²) in [7, 11) is 0. The van der Waals surface area contributed by atoms with Gasteiger partial charge in [0.05, 0.1) is 4.92 Å². The van der Waals surface area contributed by atoms with Crippen LogP contribution in [0.1, 0.15) is 32.8 Å². The van der Waals surface area contributed by atoms with Crippen LogP contribution in [0.2, 0.25) is 0 Å². The lowest BCUT2D eigenvalue weighted by atomic mass is 9.93. The Hall–Kier alpha value is -1.53. The zero-order valence-corrected chi connectivity index (χ0v) is 12.9. The second-order valence-corrected chi connectivity index (χ2v) is 6.09. The average Bonchev–Trinajstić information content (AvgIpc) is 2.40. The first-order valence-electron chi connectivity index (χ1n) is 7.15. The monoisotopic (exact) mass is 297 g/mol. The lowest BCUT2D eigenvalue weighted by Gasteiger charge is -2.31. The Morgan fingerprint density at radius 1 is 1.43 bits per heavy atom. The number of halogens is 1. The van der Waals surface area contributed by atoms with Crippen molar-refractivity contribution >= 4 is 5.69 Å². The van der Waals surface area contributed by atoms with E-state index in [2.05, 4.69) is 18.7 Å². The molecule has 21 heavy (non-hydrogen) atoms. The van der Waals surface area contributed by atoms with E-state index in [4.69, 9.17) is 5.73 Å². The van der Waals surface area contributed by atoms with Gasteiger partial charge in [-0.1, -0.05) is 32.9 Å². The van der Waals surface area contributed by atoms with Crippen molar-refractivity contribution in [1.82, 2.24) is 4.90 Å². The summed E-state index contributed by atoms with van der Waals surface area (Å²) in [6.45, 7) is 8.56. The molecule has 1 rings (SSSR count). The molecule has 0 saturated carbocycles. The molecule has 0 aliphatic heterocycles.